The maximum atomic E-state index is 13.2. The number of primary amides is 1. The van der Waals surface area contributed by atoms with Crippen molar-refractivity contribution in [1.82, 2.24) is 9.69 Å². The summed E-state index contributed by atoms with van der Waals surface area (Å²) < 4.78 is 8.61. The predicted molar refractivity (Wildman–Crippen MR) is 112 cm³/mol. The number of nitrogen functional groups attached to an aromatic ring is 1. The number of ether oxygens (including phenoxy) is 1. The molecule has 0 radical (unpaired) electrons. The number of nitrogens with zero attached hydrogens (tertiary/aromatic N) is 2. The molecule has 0 aliphatic rings. The summed E-state index contributed by atoms with van der Waals surface area (Å²) in [5.41, 5.74) is 13.0. The molecule has 0 atom stereocenters. The number of aromatic nitrogens is 1. The number of rotatable bonds is 8. The van der Waals surface area contributed by atoms with Crippen molar-refractivity contribution in [2.45, 2.75) is 20.8 Å². The monoisotopic (exact) mass is 433 g/mol. The summed E-state index contributed by atoms with van der Waals surface area (Å²) in [6, 6.07) is 5.38. The minimum atomic E-state index is -0.854. The summed E-state index contributed by atoms with van der Waals surface area (Å²) in [6.45, 7) is 4.84. The summed E-state index contributed by atoms with van der Waals surface area (Å²) in [7, 11) is 0. The highest BCUT2D eigenvalue weighted by Gasteiger charge is 2.27. The molecule has 0 bridgehead atoms. The standard InChI is InChI=1S/C19H23N5O5S/c1-4-29-14(26)8-22-13(25)9-24(12-6-10(2)5-11(3)7-12)19(28)17-15(20)16(18(21)27)23-30-17/h5-7H,4,8-9,20H2,1-3H3,(H2,21,27)(H,22,25). The first-order chi connectivity index (χ1) is 14.1. The van der Waals surface area contributed by atoms with E-state index in [1.165, 1.54) is 4.90 Å². The third kappa shape index (κ3) is 5.54. The molecule has 0 saturated carbocycles. The van der Waals surface area contributed by atoms with Gasteiger partial charge in [0.2, 0.25) is 5.91 Å². The lowest BCUT2D eigenvalue weighted by Gasteiger charge is -2.23. The average Bonchev–Trinajstić information content (AvgIpc) is 3.05. The molecule has 5 N–H and O–H groups in total. The second kappa shape index (κ2) is 9.83. The first-order valence-corrected chi connectivity index (χ1v) is 9.78. The SMILES string of the molecule is CCOC(=O)CNC(=O)CN(C(=O)c1snc(C(N)=O)c1N)c1cc(C)cc(C)c1. The molecule has 2 aromatic rings. The van der Waals surface area contributed by atoms with Gasteiger partial charge in [0, 0.05) is 5.69 Å². The van der Waals surface area contributed by atoms with Crippen LogP contribution >= 0.6 is 11.5 Å². The highest BCUT2D eigenvalue weighted by Crippen LogP contribution is 2.27. The van der Waals surface area contributed by atoms with Crippen LogP contribution in [0.4, 0.5) is 11.4 Å². The zero-order valence-corrected chi connectivity index (χ0v) is 17.7. The second-order valence-corrected chi connectivity index (χ2v) is 7.23. The molecule has 1 aromatic heterocycles. The van der Waals surface area contributed by atoms with Crippen molar-refractivity contribution in [2.24, 2.45) is 5.73 Å². The molecule has 10 nitrogen and oxygen atoms in total. The number of esters is 1. The third-order valence-corrected chi connectivity index (χ3v) is 4.81. The molecule has 30 heavy (non-hydrogen) atoms. The molecule has 1 aromatic carbocycles. The minimum Gasteiger partial charge on any atom is -0.465 e. The van der Waals surface area contributed by atoms with Gasteiger partial charge in [-0.2, -0.15) is 4.37 Å². The Bertz CT molecular complexity index is 967. The van der Waals surface area contributed by atoms with Gasteiger partial charge in [0.1, 0.15) is 18.0 Å². The molecule has 0 spiro atoms. The molecule has 160 valence electrons. The molecular weight excluding hydrogens is 410 g/mol. The van der Waals surface area contributed by atoms with Crippen LogP contribution in [0.5, 0.6) is 0 Å². The van der Waals surface area contributed by atoms with E-state index in [2.05, 4.69) is 9.69 Å². The molecule has 0 aliphatic heterocycles. The second-order valence-electron chi connectivity index (χ2n) is 6.46. The number of carbonyl (C=O) groups excluding carboxylic acids is 4. The van der Waals surface area contributed by atoms with E-state index in [1.807, 2.05) is 19.9 Å². The summed E-state index contributed by atoms with van der Waals surface area (Å²) in [6.07, 6.45) is 0. The van der Waals surface area contributed by atoms with Crippen LogP contribution in [0.15, 0.2) is 18.2 Å². The number of aryl methyl sites for hydroxylation is 2. The predicted octanol–water partition coefficient (Wildman–Crippen LogP) is 0.767. The topological polar surface area (TPSA) is 158 Å². The van der Waals surface area contributed by atoms with E-state index in [0.717, 1.165) is 22.7 Å². The summed E-state index contributed by atoms with van der Waals surface area (Å²) >= 11 is 0.723. The van der Waals surface area contributed by atoms with Gasteiger partial charge < -0.3 is 21.5 Å². The van der Waals surface area contributed by atoms with Crippen molar-refractivity contribution in [1.29, 1.82) is 0 Å². The molecule has 0 saturated heterocycles. The Morgan fingerprint density at radius 1 is 1.17 bits per heavy atom. The van der Waals surface area contributed by atoms with Crippen LogP contribution in [0.25, 0.3) is 0 Å². The van der Waals surface area contributed by atoms with Crippen LogP contribution in [-0.4, -0.2) is 47.8 Å². The number of hydrogen-bond donors (Lipinski definition) is 3. The Hall–Kier alpha value is -3.47. The van der Waals surface area contributed by atoms with Gasteiger partial charge in [-0.15, -0.1) is 0 Å². The number of hydrogen-bond acceptors (Lipinski definition) is 8. The Morgan fingerprint density at radius 2 is 1.80 bits per heavy atom. The molecular formula is C19H23N5O5S. The molecule has 0 unspecified atom stereocenters. The van der Waals surface area contributed by atoms with Crippen LogP contribution in [0.1, 0.15) is 38.2 Å². The lowest BCUT2D eigenvalue weighted by molar-refractivity contribution is -0.143. The fraction of sp³-hybridized carbons (Fsp3) is 0.316. The first kappa shape index (κ1) is 22.8. The third-order valence-electron chi connectivity index (χ3n) is 3.96. The van der Waals surface area contributed by atoms with Crippen molar-refractivity contribution in [3.8, 4) is 0 Å². The fourth-order valence-electron chi connectivity index (χ4n) is 2.72. The van der Waals surface area contributed by atoms with Gasteiger partial charge in [0.05, 0.1) is 12.3 Å². The Morgan fingerprint density at radius 3 is 2.33 bits per heavy atom. The molecule has 1 heterocycles. The quantitative estimate of drug-likeness (QED) is 0.519. The molecule has 2 rings (SSSR count). The molecule has 0 aliphatic carbocycles. The molecule has 11 heteroatoms. The average molecular weight is 433 g/mol. The zero-order valence-electron chi connectivity index (χ0n) is 16.9. The lowest BCUT2D eigenvalue weighted by Crippen LogP contribution is -2.42. The number of nitrogens with two attached hydrogens (primary N) is 2. The van der Waals surface area contributed by atoms with E-state index in [9.17, 15) is 19.2 Å². The number of amides is 3. The van der Waals surface area contributed by atoms with E-state index in [4.69, 9.17) is 16.2 Å². The highest BCUT2D eigenvalue weighted by molar-refractivity contribution is 7.09. The highest BCUT2D eigenvalue weighted by atomic mass is 32.1. The summed E-state index contributed by atoms with van der Waals surface area (Å²) in [4.78, 5) is 49.7. The van der Waals surface area contributed by atoms with Crippen LogP contribution in [0.2, 0.25) is 0 Å². The van der Waals surface area contributed by atoms with Crippen molar-refractivity contribution in [2.75, 3.05) is 30.3 Å². The Balaban J connectivity index is 2.34. The van der Waals surface area contributed by atoms with Gasteiger partial charge in [0.15, 0.2) is 5.69 Å². The Kier molecular flexibility index (Phi) is 7.48. The fourth-order valence-corrected chi connectivity index (χ4v) is 3.48. The summed E-state index contributed by atoms with van der Waals surface area (Å²) in [5.74, 6) is -2.64. The molecule has 3 amide bonds. The van der Waals surface area contributed by atoms with Gasteiger partial charge in [-0.3, -0.25) is 24.1 Å². The number of benzene rings is 1. The number of anilines is 2. The summed E-state index contributed by atoms with van der Waals surface area (Å²) in [5, 5.41) is 2.42. The van der Waals surface area contributed by atoms with Gasteiger partial charge in [-0.25, -0.2) is 0 Å². The van der Waals surface area contributed by atoms with Crippen molar-refractivity contribution in [3.63, 3.8) is 0 Å². The first-order valence-electron chi connectivity index (χ1n) is 9.01. The molecule has 0 fully saturated rings. The van der Waals surface area contributed by atoms with E-state index >= 15 is 0 Å². The normalized spacial score (nSPS) is 10.4. The van der Waals surface area contributed by atoms with Crippen LogP contribution in [-0.2, 0) is 14.3 Å². The van der Waals surface area contributed by atoms with Crippen molar-refractivity contribution < 1.29 is 23.9 Å². The maximum absolute atomic E-state index is 13.2. The largest absolute Gasteiger partial charge is 0.465 e. The van der Waals surface area contributed by atoms with Crippen molar-refractivity contribution in [3.05, 3.63) is 39.9 Å². The van der Waals surface area contributed by atoms with E-state index in [-0.39, 0.29) is 36.0 Å². The number of nitrogens with one attached hydrogen (secondary N) is 1. The van der Waals surface area contributed by atoms with E-state index in [1.54, 1.807) is 19.1 Å². The van der Waals surface area contributed by atoms with Crippen LogP contribution < -0.4 is 21.7 Å². The van der Waals surface area contributed by atoms with Crippen LogP contribution in [0, 0.1) is 13.8 Å². The van der Waals surface area contributed by atoms with Gasteiger partial charge in [0.25, 0.3) is 11.8 Å². The maximum Gasteiger partial charge on any atom is 0.325 e. The van der Waals surface area contributed by atoms with Gasteiger partial charge in [-0.1, -0.05) is 6.07 Å². The number of carbonyl (C=O) groups is 4. The lowest BCUT2D eigenvalue weighted by atomic mass is 10.1. The smallest absolute Gasteiger partial charge is 0.325 e. The van der Waals surface area contributed by atoms with E-state index < -0.39 is 23.7 Å². The van der Waals surface area contributed by atoms with E-state index in [0.29, 0.717) is 5.69 Å². The Labute approximate surface area is 177 Å². The van der Waals surface area contributed by atoms with Gasteiger partial charge in [-0.05, 0) is 55.6 Å². The van der Waals surface area contributed by atoms with Crippen molar-refractivity contribution >= 4 is 46.6 Å². The zero-order chi connectivity index (χ0) is 22.4. The minimum absolute atomic E-state index is 0.0128. The van der Waals surface area contributed by atoms with Crippen LogP contribution in [0.3, 0.4) is 0 Å². The van der Waals surface area contributed by atoms with Gasteiger partial charge >= 0.3 is 5.97 Å².